The maximum absolute atomic E-state index is 13.1. The van der Waals surface area contributed by atoms with E-state index in [1.165, 1.54) is 13.8 Å². The topological polar surface area (TPSA) is 147 Å². The molecule has 11 nitrogen and oxygen atoms in total. The number of likely N-dealkylation sites (N-methyl/N-ethyl adjacent to an activating group) is 1. The highest BCUT2D eigenvalue weighted by Crippen LogP contribution is 2.64. The Morgan fingerprint density at radius 2 is 2.08 bits per heavy atom. The van der Waals surface area contributed by atoms with Crippen LogP contribution in [-0.2, 0) is 42.3 Å². The molecule has 2 aliphatic carbocycles. The predicted molar refractivity (Wildman–Crippen MR) is 141 cm³/mol. The number of nitrogens with zero attached hydrogens (tertiary/aromatic N) is 1. The number of carbonyl (C=O) groups excluding carboxylic acids is 3. The first-order valence-corrected chi connectivity index (χ1v) is 14.1. The Kier molecular flexibility index (Phi) is 6.68. The van der Waals surface area contributed by atoms with Crippen molar-refractivity contribution >= 4 is 17.8 Å². The summed E-state index contributed by atoms with van der Waals surface area (Å²) in [5.41, 5.74) is 0.606. The second kappa shape index (κ2) is 9.83. The molecule has 7 atom stereocenters. The van der Waals surface area contributed by atoms with Crippen molar-refractivity contribution in [1.82, 2.24) is 15.5 Å². The van der Waals surface area contributed by atoms with Gasteiger partial charge in [-0.2, -0.15) is 0 Å². The van der Waals surface area contributed by atoms with Gasteiger partial charge in [0.25, 0.3) is 0 Å². The van der Waals surface area contributed by atoms with Gasteiger partial charge < -0.3 is 40.0 Å². The SMILES string of the molecule is C[C@H](NC(=O)[C@@H]1CCCN1)C(=O)O[C@@H](C)C(=O)OC1=CC[C@@]2(O)[C@H]3Cc4ccc(CO)c5c4[C@@]2(CCN3C)[C@H]1O5. The van der Waals surface area contributed by atoms with Gasteiger partial charge >= 0.3 is 11.9 Å². The lowest BCUT2D eigenvalue weighted by Crippen LogP contribution is -2.74. The predicted octanol–water partition coefficient (Wildman–Crippen LogP) is 0.188. The summed E-state index contributed by atoms with van der Waals surface area (Å²) >= 11 is 0. The zero-order valence-electron chi connectivity index (χ0n) is 23.1. The van der Waals surface area contributed by atoms with E-state index < -0.39 is 41.2 Å². The molecule has 4 N–H and O–H groups in total. The Morgan fingerprint density at radius 3 is 2.80 bits per heavy atom. The Morgan fingerprint density at radius 1 is 1.27 bits per heavy atom. The van der Waals surface area contributed by atoms with Gasteiger partial charge in [-0.3, -0.25) is 4.79 Å². The fraction of sp³-hybridized carbons (Fsp3) is 0.621. The minimum absolute atomic E-state index is 0.143. The largest absolute Gasteiger partial charge is 0.481 e. The zero-order valence-corrected chi connectivity index (χ0v) is 23.1. The van der Waals surface area contributed by atoms with Crippen LogP contribution >= 0.6 is 0 Å². The second-order valence-electron chi connectivity index (χ2n) is 11.8. The Hall–Kier alpha value is -2.99. The number of amides is 1. The van der Waals surface area contributed by atoms with Crippen LogP contribution in [0.15, 0.2) is 24.0 Å². The van der Waals surface area contributed by atoms with Crippen molar-refractivity contribution in [3.8, 4) is 5.75 Å². The van der Waals surface area contributed by atoms with Crippen LogP contribution in [0.1, 0.15) is 56.2 Å². The van der Waals surface area contributed by atoms with E-state index in [0.29, 0.717) is 30.6 Å². The summed E-state index contributed by atoms with van der Waals surface area (Å²) in [4.78, 5) is 40.3. The molecular weight excluding hydrogens is 518 g/mol. The molecule has 1 spiro atoms. The number of benzene rings is 1. The molecule has 2 bridgehead atoms. The van der Waals surface area contributed by atoms with Crippen LogP contribution in [0.25, 0.3) is 0 Å². The monoisotopic (exact) mass is 555 g/mol. The van der Waals surface area contributed by atoms with Gasteiger partial charge in [0.15, 0.2) is 12.2 Å². The molecule has 11 heteroatoms. The number of hydrogen-bond acceptors (Lipinski definition) is 10. The fourth-order valence-electron chi connectivity index (χ4n) is 7.44. The highest BCUT2D eigenvalue weighted by molar-refractivity contribution is 5.88. The van der Waals surface area contributed by atoms with E-state index in [1.54, 1.807) is 6.08 Å². The molecule has 40 heavy (non-hydrogen) atoms. The first-order valence-electron chi connectivity index (χ1n) is 14.1. The van der Waals surface area contributed by atoms with Gasteiger partial charge in [0, 0.05) is 23.6 Å². The third-order valence-corrected chi connectivity index (χ3v) is 9.56. The number of carbonyl (C=O) groups is 3. The minimum atomic E-state index is -1.24. The number of ether oxygens (including phenoxy) is 3. The number of aliphatic hydroxyl groups excluding tert-OH is 1. The Bertz CT molecular complexity index is 1280. The fourth-order valence-corrected chi connectivity index (χ4v) is 7.44. The average molecular weight is 556 g/mol. The number of aliphatic hydroxyl groups is 2. The summed E-state index contributed by atoms with van der Waals surface area (Å²) in [6, 6.07) is 2.43. The molecule has 0 radical (unpaired) electrons. The van der Waals surface area contributed by atoms with Crippen molar-refractivity contribution in [1.29, 1.82) is 0 Å². The molecule has 0 aromatic heterocycles. The highest BCUT2D eigenvalue weighted by Gasteiger charge is 2.71. The molecule has 2 fully saturated rings. The molecule has 0 unspecified atom stereocenters. The van der Waals surface area contributed by atoms with Crippen LogP contribution in [-0.4, -0.2) is 89.0 Å². The first-order chi connectivity index (χ1) is 19.1. The molecular formula is C29H37N3O8. The summed E-state index contributed by atoms with van der Waals surface area (Å²) in [5, 5.41) is 28.0. The average Bonchev–Trinajstić information content (AvgIpc) is 3.59. The first kappa shape index (κ1) is 27.2. The summed E-state index contributed by atoms with van der Waals surface area (Å²) in [5.74, 6) is -0.980. The van der Waals surface area contributed by atoms with Crippen LogP contribution in [0.5, 0.6) is 5.75 Å². The number of likely N-dealkylation sites (tertiary alicyclic amines) is 1. The normalized spacial score (nSPS) is 33.2. The third kappa shape index (κ3) is 3.89. The highest BCUT2D eigenvalue weighted by atomic mass is 16.6. The van der Waals surface area contributed by atoms with Gasteiger partial charge in [0.1, 0.15) is 17.6 Å². The number of nitrogens with one attached hydrogen (secondary N) is 2. The Balaban J connectivity index is 1.20. The molecule has 0 saturated carbocycles. The smallest absolute Gasteiger partial charge is 0.352 e. The van der Waals surface area contributed by atoms with Crippen molar-refractivity contribution in [2.45, 2.75) is 93.9 Å². The molecule has 1 aromatic carbocycles. The van der Waals surface area contributed by atoms with E-state index in [9.17, 15) is 24.6 Å². The van der Waals surface area contributed by atoms with Crippen LogP contribution in [0, 0.1) is 0 Å². The summed E-state index contributed by atoms with van der Waals surface area (Å²) in [6.07, 6.45) is 2.79. The summed E-state index contributed by atoms with van der Waals surface area (Å²) < 4.78 is 17.6. The zero-order chi connectivity index (χ0) is 28.4. The van der Waals surface area contributed by atoms with E-state index in [4.69, 9.17) is 14.2 Å². The van der Waals surface area contributed by atoms with E-state index >= 15 is 0 Å². The van der Waals surface area contributed by atoms with Crippen LogP contribution < -0.4 is 15.4 Å². The maximum atomic E-state index is 13.1. The molecule has 5 aliphatic rings. The minimum Gasteiger partial charge on any atom is -0.481 e. The van der Waals surface area contributed by atoms with Crippen LogP contribution in [0.2, 0.25) is 0 Å². The second-order valence-corrected chi connectivity index (χ2v) is 11.8. The molecule has 3 aliphatic heterocycles. The van der Waals surface area contributed by atoms with Crippen molar-refractivity contribution in [2.24, 2.45) is 0 Å². The standard InChI is InChI=1S/C29H37N3O8/c1-15(31-25(34)19-5-4-11-30-19)26(35)38-16(2)27(36)39-20-8-9-29(37)21-13-17-6-7-18(14-33)23-22(17)28(29,24(20)40-23)10-12-32(21)3/h6-8,15-16,19,21,24,30,33,37H,4-5,9-14H2,1-3H3,(H,31,34)/t15-,16-,19-,21+,24-,28-,29+/m0/s1. The number of esters is 2. The summed E-state index contributed by atoms with van der Waals surface area (Å²) in [6.45, 7) is 4.19. The van der Waals surface area contributed by atoms with Crippen molar-refractivity contribution in [2.75, 3.05) is 20.1 Å². The van der Waals surface area contributed by atoms with Crippen LogP contribution in [0.4, 0.5) is 0 Å². The Labute approximate surface area is 232 Å². The van der Waals surface area contributed by atoms with Crippen molar-refractivity contribution in [3.63, 3.8) is 0 Å². The van der Waals surface area contributed by atoms with Gasteiger partial charge in [-0.1, -0.05) is 12.1 Å². The molecule has 2 saturated heterocycles. The molecule has 3 heterocycles. The lowest BCUT2D eigenvalue weighted by molar-refractivity contribution is -0.176. The van der Waals surface area contributed by atoms with Crippen molar-refractivity contribution in [3.05, 3.63) is 40.7 Å². The van der Waals surface area contributed by atoms with Crippen molar-refractivity contribution < 1.29 is 38.8 Å². The van der Waals surface area contributed by atoms with Gasteiger partial charge in [0.2, 0.25) is 5.91 Å². The lowest BCUT2D eigenvalue weighted by atomic mass is 9.50. The van der Waals surface area contributed by atoms with E-state index in [0.717, 1.165) is 30.6 Å². The molecule has 1 aromatic rings. The van der Waals surface area contributed by atoms with E-state index in [-0.39, 0.29) is 36.8 Å². The number of piperidine rings is 1. The molecule has 216 valence electrons. The summed E-state index contributed by atoms with van der Waals surface area (Å²) in [7, 11) is 2.01. The molecule has 6 rings (SSSR count). The van der Waals surface area contributed by atoms with Gasteiger partial charge in [0.05, 0.1) is 23.7 Å². The van der Waals surface area contributed by atoms with E-state index in [2.05, 4.69) is 15.5 Å². The van der Waals surface area contributed by atoms with Gasteiger partial charge in [-0.25, -0.2) is 9.59 Å². The van der Waals surface area contributed by atoms with Crippen LogP contribution in [0.3, 0.4) is 0 Å². The van der Waals surface area contributed by atoms with E-state index in [1.807, 2.05) is 19.2 Å². The lowest BCUT2D eigenvalue weighted by Gasteiger charge is -2.61. The van der Waals surface area contributed by atoms with Gasteiger partial charge in [-0.15, -0.1) is 0 Å². The number of rotatable bonds is 7. The maximum Gasteiger partial charge on any atom is 0.352 e. The van der Waals surface area contributed by atoms with Gasteiger partial charge in [-0.05, 0) is 71.3 Å². The quantitative estimate of drug-likeness (QED) is 0.344. The number of hydrogen-bond donors (Lipinski definition) is 4. The molecule has 1 amide bonds. The third-order valence-electron chi connectivity index (χ3n) is 9.56.